The van der Waals surface area contributed by atoms with Crippen molar-refractivity contribution in [3.05, 3.63) is 65.9 Å². The number of aromatic nitrogens is 2. The number of rotatable bonds is 6. The Hall–Kier alpha value is -4.05. The Kier molecular flexibility index (Phi) is 5.48. The highest BCUT2D eigenvalue weighted by Crippen LogP contribution is 2.37. The van der Waals surface area contributed by atoms with E-state index < -0.39 is 5.91 Å². The Bertz CT molecular complexity index is 1140. The van der Waals surface area contributed by atoms with Gasteiger partial charge in [0.1, 0.15) is 17.3 Å². The lowest BCUT2D eigenvalue weighted by Gasteiger charge is -2.03. The zero-order valence-electron chi connectivity index (χ0n) is 16.5. The van der Waals surface area contributed by atoms with Crippen LogP contribution in [-0.4, -0.2) is 29.0 Å². The molecule has 1 amide bonds. The van der Waals surface area contributed by atoms with E-state index in [0.717, 1.165) is 17.7 Å². The SMILES string of the molecule is CCCNC(=O)/C(C#N)=C/c1cn(-c2ccccc2)nc1-c1ccc2c(c1)OCO2. The van der Waals surface area contributed by atoms with Gasteiger partial charge < -0.3 is 14.8 Å². The molecule has 3 aromatic rings. The molecular weight excluding hydrogens is 380 g/mol. The third-order valence-corrected chi connectivity index (χ3v) is 4.61. The van der Waals surface area contributed by atoms with Crippen LogP contribution in [0.25, 0.3) is 23.0 Å². The molecule has 1 aliphatic heterocycles. The number of benzene rings is 2. The van der Waals surface area contributed by atoms with E-state index in [9.17, 15) is 10.1 Å². The highest BCUT2D eigenvalue weighted by molar-refractivity contribution is 6.02. The van der Waals surface area contributed by atoms with Gasteiger partial charge in [-0.3, -0.25) is 4.79 Å². The second kappa shape index (κ2) is 8.53. The minimum Gasteiger partial charge on any atom is -0.454 e. The van der Waals surface area contributed by atoms with Crippen molar-refractivity contribution >= 4 is 12.0 Å². The van der Waals surface area contributed by atoms with Crippen LogP contribution in [0.1, 0.15) is 18.9 Å². The Labute approximate surface area is 174 Å². The van der Waals surface area contributed by atoms with Gasteiger partial charge in [-0.25, -0.2) is 4.68 Å². The average Bonchev–Trinajstić information content (AvgIpc) is 3.42. The fourth-order valence-electron chi connectivity index (χ4n) is 3.11. The molecule has 2 aromatic carbocycles. The second-order valence-corrected chi connectivity index (χ2v) is 6.71. The van der Waals surface area contributed by atoms with Gasteiger partial charge in [0.15, 0.2) is 11.5 Å². The summed E-state index contributed by atoms with van der Waals surface area (Å²) in [6, 6.07) is 17.2. The molecule has 0 bridgehead atoms. The van der Waals surface area contributed by atoms with Crippen LogP contribution in [-0.2, 0) is 4.79 Å². The molecule has 7 nitrogen and oxygen atoms in total. The number of carbonyl (C=O) groups excluding carboxylic acids is 1. The van der Waals surface area contributed by atoms with Gasteiger partial charge >= 0.3 is 0 Å². The molecule has 1 aliphatic rings. The first kappa shape index (κ1) is 19.3. The molecule has 7 heteroatoms. The van der Waals surface area contributed by atoms with E-state index in [4.69, 9.17) is 14.6 Å². The number of hydrogen-bond acceptors (Lipinski definition) is 5. The molecular formula is C23H20N4O3. The standard InChI is InChI=1S/C23H20N4O3/c1-2-10-25-23(28)17(13-24)11-18-14-27(19-6-4-3-5-7-19)26-22(18)16-8-9-20-21(12-16)30-15-29-20/h3-9,11-12,14H,2,10,15H2,1H3,(H,25,28)/b17-11+. The van der Waals surface area contributed by atoms with Gasteiger partial charge in [0.05, 0.1) is 5.69 Å². The molecule has 1 aromatic heterocycles. The predicted molar refractivity (Wildman–Crippen MR) is 112 cm³/mol. The highest BCUT2D eigenvalue weighted by Gasteiger charge is 2.18. The van der Waals surface area contributed by atoms with E-state index in [1.165, 1.54) is 0 Å². The smallest absolute Gasteiger partial charge is 0.261 e. The number of nitrogens with one attached hydrogen (secondary N) is 1. The lowest BCUT2D eigenvalue weighted by molar-refractivity contribution is -0.117. The topological polar surface area (TPSA) is 89.2 Å². The van der Waals surface area contributed by atoms with E-state index >= 15 is 0 Å². The van der Waals surface area contributed by atoms with Crippen LogP contribution >= 0.6 is 0 Å². The third kappa shape index (κ3) is 3.89. The second-order valence-electron chi connectivity index (χ2n) is 6.71. The number of amides is 1. The normalized spacial score (nSPS) is 12.5. The van der Waals surface area contributed by atoms with Crippen molar-refractivity contribution in [1.29, 1.82) is 5.26 Å². The van der Waals surface area contributed by atoms with E-state index in [1.54, 1.807) is 17.0 Å². The van der Waals surface area contributed by atoms with Crippen LogP contribution in [0.15, 0.2) is 60.3 Å². The van der Waals surface area contributed by atoms with E-state index in [-0.39, 0.29) is 12.4 Å². The van der Waals surface area contributed by atoms with Crippen LogP contribution in [0.5, 0.6) is 11.5 Å². The highest BCUT2D eigenvalue weighted by atomic mass is 16.7. The maximum Gasteiger partial charge on any atom is 0.261 e. The van der Waals surface area contributed by atoms with Crippen molar-refractivity contribution in [2.45, 2.75) is 13.3 Å². The molecule has 150 valence electrons. The van der Waals surface area contributed by atoms with Gasteiger partial charge in [-0.15, -0.1) is 0 Å². The number of nitrogens with zero attached hydrogens (tertiary/aromatic N) is 3. The van der Waals surface area contributed by atoms with Gasteiger partial charge in [0.25, 0.3) is 5.91 Å². The summed E-state index contributed by atoms with van der Waals surface area (Å²) in [7, 11) is 0. The Balaban J connectivity index is 1.80. The molecule has 0 saturated heterocycles. The van der Waals surface area contributed by atoms with Crippen molar-refractivity contribution in [3.8, 4) is 34.5 Å². The van der Waals surface area contributed by atoms with Crippen molar-refractivity contribution in [1.82, 2.24) is 15.1 Å². The quantitative estimate of drug-likeness (QED) is 0.503. The van der Waals surface area contributed by atoms with Gasteiger partial charge in [-0.1, -0.05) is 25.1 Å². The molecule has 0 aliphatic carbocycles. The van der Waals surface area contributed by atoms with Crippen LogP contribution in [0.4, 0.5) is 0 Å². The molecule has 0 unspecified atom stereocenters. The fourth-order valence-corrected chi connectivity index (χ4v) is 3.11. The number of nitriles is 1. The summed E-state index contributed by atoms with van der Waals surface area (Å²) in [6.07, 6.45) is 4.16. The lowest BCUT2D eigenvalue weighted by atomic mass is 10.1. The van der Waals surface area contributed by atoms with Crippen molar-refractivity contribution in [2.24, 2.45) is 0 Å². The van der Waals surface area contributed by atoms with E-state index in [1.807, 2.05) is 61.5 Å². The summed E-state index contributed by atoms with van der Waals surface area (Å²) >= 11 is 0. The number of fused-ring (bicyclic) bond motifs is 1. The predicted octanol–water partition coefficient (Wildman–Crippen LogP) is 3.70. The zero-order valence-corrected chi connectivity index (χ0v) is 16.5. The number of carbonyl (C=O) groups is 1. The van der Waals surface area contributed by atoms with Gasteiger partial charge in [-0.05, 0) is 42.8 Å². The maximum absolute atomic E-state index is 12.3. The number of para-hydroxylation sites is 1. The minimum absolute atomic E-state index is 0.0260. The van der Waals surface area contributed by atoms with Crippen molar-refractivity contribution in [3.63, 3.8) is 0 Å². The summed E-state index contributed by atoms with van der Waals surface area (Å²) in [5, 5.41) is 17.0. The molecule has 0 fully saturated rings. The molecule has 1 N–H and O–H groups in total. The Morgan fingerprint density at radius 2 is 2.03 bits per heavy atom. The monoisotopic (exact) mass is 400 g/mol. The van der Waals surface area contributed by atoms with Gasteiger partial charge in [0.2, 0.25) is 6.79 Å². The lowest BCUT2D eigenvalue weighted by Crippen LogP contribution is -2.25. The summed E-state index contributed by atoms with van der Waals surface area (Å²) < 4.78 is 12.6. The molecule has 0 radical (unpaired) electrons. The van der Waals surface area contributed by atoms with Crippen molar-refractivity contribution < 1.29 is 14.3 Å². The van der Waals surface area contributed by atoms with Gasteiger partial charge in [0, 0.05) is 23.9 Å². The van der Waals surface area contributed by atoms with E-state index in [2.05, 4.69) is 5.32 Å². The third-order valence-electron chi connectivity index (χ3n) is 4.61. The molecule has 30 heavy (non-hydrogen) atoms. The molecule has 0 atom stereocenters. The Morgan fingerprint density at radius 1 is 1.23 bits per heavy atom. The first-order valence-corrected chi connectivity index (χ1v) is 9.64. The molecule has 0 saturated carbocycles. The molecule has 4 rings (SSSR count). The number of ether oxygens (including phenoxy) is 2. The summed E-state index contributed by atoms with van der Waals surface area (Å²) in [5.41, 5.74) is 2.98. The van der Waals surface area contributed by atoms with Crippen LogP contribution in [0.3, 0.4) is 0 Å². The largest absolute Gasteiger partial charge is 0.454 e. The fraction of sp³-hybridized carbons (Fsp3) is 0.174. The average molecular weight is 400 g/mol. The van der Waals surface area contributed by atoms with Crippen LogP contribution in [0.2, 0.25) is 0 Å². The Morgan fingerprint density at radius 3 is 2.80 bits per heavy atom. The summed E-state index contributed by atoms with van der Waals surface area (Å²) in [5.74, 6) is 0.913. The minimum atomic E-state index is -0.400. The molecule has 2 heterocycles. The number of hydrogen-bond donors (Lipinski definition) is 1. The summed E-state index contributed by atoms with van der Waals surface area (Å²) in [4.78, 5) is 12.3. The van der Waals surface area contributed by atoms with Gasteiger partial charge in [-0.2, -0.15) is 10.4 Å². The molecule has 0 spiro atoms. The summed E-state index contributed by atoms with van der Waals surface area (Å²) in [6.45, 7) is 2.65. The zero-order chi connectivity index (χ0) is 20.9. The van der Waals surface area contributed by atoms with E-state index in [0.29, 0.717) is 29.3 Å². The first-order valence-electron chi connectivity index (χ1n) is 9.64. The van der Waals surface area contributed by atoms with Crippen molar-refractivity contribution in [2.75, 3.05) is 13.3 Å². The van der Waals surface area contributed by atoms with Crippen LogP contribution in [0, 0.1) is 11.3 Å². The maximum atomic E-state index is 12.3. The van der Waals surface area contributed by atoms with Crippen LogP contribution < -0.4 is 14.8 Å². The first-order chi connectivity index (χ1) is 14.7.